The van der Waals surface area contributed by atoms with Gasteiger partial charge in [0.1, 0.15) is 11.5 Å². The molecule has 0 aliphatic carbocycles. The van der Waals surface area contributed by atoms with Crippen molar-refractivity contribution < 1.29 is 9.15 Å². The predicted octanol–water partition coefficient (Wildman–Crippen LogP) is 3.03. The van der Waals surface area contributed by atoms with Crippen LogP contribution in [-0.4, -0.2) is 20.7 Å². The monoisotopic (exact) mass is 274 g/mol. The van der Waals surface area contributed by atoms with E-state index in [1.54, 1.807) is 6.26 Å². The topological polar surface area (TPSA) is 37.6 Å². The van der Waals surface area contributed by atoms with E-state index in [1.165, 1.54) is 5.56 Å². The second kappa shape index (κ2) is 7.01. The first-order valence-electron chi connectivity index (χ1n) is 6.87. The zero-order valence-electron chi connectivity index (χ0n) is 12.3. The summed E-state index contributed by atoms with van der Waals surface area (Å²) >= 11 is 0. The second-order valence-electron chi connectivity index (χ2n) is 4.81. The molecule has 4 heteroatoms. The molecule has 2 aromatic rings. The summed E-state index contributed by atoms with van der Waals surface area (Å²) in [5, 5.41) is 3.36. The first-order valence-corrected chi connectivity index (χ1v) is 6.87. The highest BCUT2D eigenvalue weighted by Gasteiger charge is 2.07. The van der Waals surface area contributed by atoms with Gasteiger partial charge in [0, 0.05) is 20.6 Å². The lowest BCUT2D eigenvalue weighted by atomic mass is 10.1. The molecule has 0 spiro atoms. The van der Waals surface area contributed by atoms with Gasteiger partial charge in [0.15, 0.2) is 0 Å². The average molecular weight is 274 g/mol. The maximum atomic E-state index is 5.70. The van der Waals surface area contributed by atoms with Crippen LogP contribution >= 0.6 is 0 Å². The highest BCUT2D eigenvalue weighted by molar-refractivity contribution is 5.58. The normalized spacial score (nSPS) is 10.6. The fraction of sp³-hybridized carbons (Fsp3) is 0.375. The summed E-state index contributed by atoms with van der Waals surface area (Å²) in [5.74, 6) is 1.87. The molecule has 0 amide bonds. The third kappa shape index (κ3) is 3.78. The van der Waals surface area contributed by atoms with Crippen LogP contribution in [0.5, 0.6) is 5.75 Å². The Balaban J connectivity index is 1.99. The molecule has 1 heterocycles. The number of furan rings is 1. The molecule has 4 nitrogen and oxygen atoms in total. The zero-order chi connectivity index (χ0) is 14.4. The van der Waals surface area contributed by atoms with Gasteiger partial charge in [-0.3, -0.25) is 0 Å². The standard InChI is InChI=1S/C16H22N2O2/c1-4-19-16-10-13(7-8-15(16)18(2)3)11-17-12-14-6-5-9-20-14/h5-10,17H,4,11-12H2,1-3H3. The summed E-state index contributed by atoms with van der Waals surface area (Å²) < 4.78 is 11.0. The molecule has 1 N–H and O–H groups in total. The van der Waals surface area contributed by atoms with E-state index in [0.29, 0.717) is 6.61 Å². The molecule has 108 valence electrons. The minimum atomic E-state index is 0.671. The van der Waals surface area contributed by atoms with E-state index < -0.39 is 0 Å². The Hall–Kier alpha value is -1.94. The summed E-state index contributed by atoms with van der Waals surface area (Å²) in [6.45, 7) is 4.19. The van der Waals surface area contributed by atoms with E-state index >= 15 is 0 Å². The van der Waals surface area contributed by atoms with Gasteiger partial charge in [-0.25, -0.2) is 0 Å². The molecule has 1 aromatic carbocycles. The quantitative estimate of drug-likeness (QED) is 0.842. The molecule has 0 atom stereocenters. The molecule has 0 aliphatic heterocycles. The first kappa shape index (κ1) is 14.5. The smallest absolute Gasteiger partial charge is 0.142 e. The molecular weight excluding hydrogens is 252 g/mol. The summed E-state index contributed by atoms with van der Waals surface area (Å²) in [4.78, 5) is 2.06. The molecule has 0 fully saturated rings. The largest absolute Gasteiger partial charge is 0.492 e. The van der Waals surface area contributed by atoms with Gasteiger partial charge in [-0.2, -0.15) is 0 Å². The van der Waals surface area contributed by atoms with E-state index in [2.05, 4.69) is 28.4 Å². The van der Waals surface area contributed by atoms with E-state index in [0.717, 1.165) is 30.3 Å². The van der Waals surface area contributed by atoms with E-state index in [9.17, 15) is 0 Å². The Morgan fingerprint density at radius 3 is 2.70 bits per heavy atom. The lowest BCUT2D eigenvalue weighted by Crippen LogP contribution is -2.14. The molecule has 0 saturated heterocycles. The second-order valence-corrected chi connectivity index (χ2v) is 4.81. The third-order valence-corrected chi connectivity index (χ3v) is 3.01. The highest BCUT2D eigenvalue weighted by atomic mass is 16.5. The molecule has 20 heavy (non-hydrogen) atoms. The fourth-order valence-corrected chi connectivity index (χ4v) is 2.05. The van der Waals surface area contributed by atoms with Crippen molar-refractivity contribution in [2.75, 3.05) is 25.6 Å². The molecule has 1 aromatic heterocycles. The number of benzene rings is 1. The van der Waals surface area contributed by atoms with Crippen molar-refractivity contribution in [1.29, 1.82) is 0 Å². The van der Waals surface area contributed by atoms with Crippen molar-refractivity contribution >= 4 is 5.69 Å². The average Bonchev–Trinajstić information content (AvgIpc) is 2.92. The molecule has 0 aliphatic rings. The van der Waals surface area contributed by atoms with Crippen LogP contribution in [-0.2, 0) is 13.1 Å². The number of hydrogen-bond donors (Lipinski definition) is 1. The molecule has 0 radical (unpaired) electrons. The van der Waals surface area contributed by atoms with Gasteiger partial charge in [0.05, 0.1) is 25.1 Å². The molecule has 0 bridgehead atoms. The summed E-state index contributed by atoms with van der Waals surface area (Å²) in [5.41, 5.74) is 2.30. The van der Waals surface area contributed by atoms with Crippen molar-refractivity contribution in [2.45, 2.75) is 20.0 Å². The molecule has 0 unspecified atom stereocenters. The Bertz CT molecular complexity index is 521. The van der Waals surface area contributed by atoms with Crippen LogP contribution < -0.4 is 15.0 Å². The number of anilines is 1. The number of hydrogen-bond acceptors (Lipinski definition) is 4. The van der Waals surface area contributed by atoms with Crippen LogP contribution in [0, 0.1) is 0 Å². The van der Waals surface area contributed by atoms with Crippen LogP contribution in [0.1, 0.15) is 18.2 Å². The number of rotatable bonds is 7. The number of nitrogens with one attached hydrogen (secondary N) is 1. The van der Waals surface area contributed by atoms with E-state index in [4.69, 9.17) is 9.15 Å². The molecule has 2 rings (SSSR count). The minimum absolute atomic E-state index is 0.671. The van der Waals surface area contributed by atoms with Crippen LogP contribution in [0.15, 0.2) is 41.0 Å². The van der Waals surface area contributed by atoms with Gasteiger partial charge in [-0.05, 0) is 36.8 Å². The minimum Gasteiger partial charge on any atom is -0.492 e. The third-order valence-electron chi connectivity index (χ3n) is 3.01. The van der Waals surface area contributed by atoms with E-state index in [-0.39, 0.29) is 0 Å². The fourth-order valence-electron chi connectivity index (χ4n) is 2.05. The van der Waals surface area contributed by atoms with Crippen LogP contribution in [0.2, 0.25) is 0 Å². The Kier molecular flexibility index (Phi) is 5.07. The van der Waals surface area contributed by atoms with Crippen molar-refractivity contribution in [3.63, 3.8) is 0 Å². The Morgan fingerprint density at radius 1 is 1.20 bits per heavy atom. The summed E-state index contributed by atoms with van der Waals surface area (Å²) in [6, 6.07) is 10.2. The molecular formula is C16H22N2O2. The van der Waals surface area contributed by atoms with Crippen LogP contribution in [0.3, 0.4) is 0 Å². The van der Waals surface area contributed by atoms with Crippen molar-refractivity contribution in [3.8, 4) is 5.75 Å². The van der Waals surface area contributed by atoms with Gasteiger partial charge in [0.2, 0.25) is 0 Å². The van der Waals surface area contributed by atoms with Crippen molar-refractivity contribution in [3.05, 3.63) is 47.9 Å². The van der Waals surface area contributed by atoms with Crippen molar-refractivity contribution in [2.24, 2.45) is 0 Å². The van der Waals surface area contributed by atoms with Crippen molar-refractivity contribution in [1.82, 2.24) is 5.32 Å². The Labute approximate surface area is 120 Å². The van der Waals surface area contributed by atoms with Crippen LogP contribution in [0.25, 0.3) is 0 Å². The number of nitrogens with zero attached hydrogens (tertiary/aromatic N) is 1. The van der Waals surface area contributed by atoms with Gasteiger partial charge in [-0.15, -0.1) is 0 Å². The van der Waals surface area contributed by atoms with E-state index in [1.807, 2.05) is 33.2 Å². The summed E-state index contributed by atoms with van der Waals surface area (Å²) in [6.07, 6.45) is 1.69. The number of ether oxygens (including phenoxy) is 1. The maximum Gasteiger partial charge on any atom is 0.142 e. The molecule has 0 saturated carbocycles. The van der Waals surface area contributed by atoms with Gasteiger partial charge >= 0.3 is 0 Å². The zero-order valence-corrected chi connectivity index (χ0v) is 12.3. The van der Waals surface area contributed by atoms with Gasteiger partial charge in [-0.1, -0.05) is 6.07 Å². The van der Waals surface area contributed by atoms with Crippen LogP contribution in [0.4, 0.5) is 5.69 Å². The maximum absolute atomic E-state index is 5.70. The lowest BCUT2D eigenvalue weighted by molar-refractivity contribution is 0.340. The lowest BCUT2D eigenvalue weighted by Gasteiger charge is -2.18. The predicted molar refractivity (Wildman–Crippen MR) is 81.2 cm³/mol. The van der Waals surface area contributed by atoms with Gasteiger partial charge in [0.25, 0.3) is 0 Å². The Morgan fingerprint density at radius 2 is 2.05 bits per heavy atom. The highest BCUT2D eigenvalue weighted by Crippen LogP contribution is 2.28. The summed E-state index contributed by atoms with van der Waals surface area (Å²) in [7, 11) is 4.04. The van der Waals surface area contributed by atoms with Gasteiger partial charge < -0.3 is 19.4 Å². The first-order chi connectivity index (χ1) is 9.70. The SMILES string of the molecule is CCOc1cc(CNCc2ccco2)ccc1N(C)C.